The molecule has 4 nitrogen and oxygen atoms in total. The summed E-state index contributed by atoms with van der Waals surface area (Å²) in [6.45, 7) is 5.12. The number of aromatic nitrogens is 2. The molecule has 3 aliphatic rings. The summed E-state index contributed by atoms with van der Waals surface area (Å²) < 4.78 is 2.42. The molecule has 1 saturated heterocycles. The van der Waals surface area contributed by atoms with Gasteiger partial charge in [0.1, 0.15) is 5.82 Å². The predicted molar refractivity (Wildman–Crippen MR) is 90.2 cm³/mol. The molecule has 0 bridgehead atoms. The number of imidazole rings is 1. The maximum Gasteiger partial charge on any atom is 0.222 e. The number of likely N-dealkylation sites (tertiary alicyclic amines) is 1. The van der Waals surface area contributed by atoms with E-state index in [0.29, 0.717) is 23.7 Å². The molecule has 3 fully saturated rings. The van der Waals surface area contributed by atoms with Gasteiger partial charge in [-0.1, -0.05) is 12.8 Å². The summed E-state index contributed by atoms with van der Waals surface area (Å²) >= 11 is 0. The van der Waals surface area contributed by atoms with Gasteiger partial charge in [0.2, 0.25) is 5.91 Å². The van der Waals surface area contributed by atoms with E-state index in [1.165, 1.54) is 50.0 Å². The molecule has 0 spiro atoms. The molecule has 4 rings (SSSR count). The molecule has 1 unspecified atom stereocenters. The van der Waals surface area contributed by atoms with Crippen LogP contribution in [-0.2, 0) is 11.3 Å². The van der Waals surface area contributed by atoms with E-state index in [1.807, 2.05) is 6.20 Å². The van der Waals surface area contributed by atoms with Gasteiger partial charge in [0.05, 0.1) is 0 Å². The van der Waals surface area contributed by atoms with Crippen LogP contribution in [0.3, 0.4) is 0 Å². The van der Waals surface area contributed by atoms with E-state index >= 15 is 0 Å². The lowest BCUT2D eigenvalue weighted by molar-refractivity contribution is -0.131. The van der Waals surface area contributed by atoms with E-state index < -0.39 is 0 Å². The number of rotatable bonds is 5. The number of hydrogen-bond donors (Lipinski definition) is 0. The average molecular weight is 315 g/mol. The highest BCUT2D eigenvalue weighted by molar-refractivity contribution is 5.76. The summed E-state index contributed by atoms with van der Waals surface area (Å²) in [5.41, 5.74) is 1.28. The number of carbonyl (C=O) groups excluding carboxylic acids is 1. The van der Waals surface area contributed by atoms with Gasteiger partial charge in [-0.2, -0.15) is 0 Å². The van der Waals surface area contributed by atoms with E-state index in [4.69, 9.17) is 0 Å². The van der Waals surface area contributed by atoms with Gasteiger partial charge in [0.15, 0.2) is 0 Å². The van der Waals surface area contributed by atoms with Crippen molar-refractivity contribution < 1.29 is 4.79 Å². The monoisotopic (exact) mass is 315 g/mol. The van der Waals surface area contributed by atoms with Crippen LogP contribution >= 0.6 is 0 Å². The lowest BCUT2D eigenvalue weighted by atomic mass is 10.0. The molecule has 1 amide bonds. The first-order valence-corrected chi connectivity index (χ1v) is 9.50. The van der Waals surface area contributed by atoms with Crippen molar-refractivity contribution in [2.24, 2.45) is 11.8 Å². The Hall–Kier alpha value is -1.32. The van der Waals surface area contributed by atoms with Gasteiger partial charge in [-0.25, -0.2) is 4.98 Å². The Morgan fingerprint density at radius 2 is 1.96 bits per heavy atom. The highest BCUT2D eigenvalue weighted by atomic mass is 16.2. The molecular weight excluding hydrogens is 286 g/mol. The molecule has 126 valence electrons. The van der Waals surface area contributed by atoms with Crippen LogP contribution in [0.15, 0.2) is 6.20 Å². The molecule has 23 heavy (non-hydrogen) atoms. The fourth-order valence-corrected chi connectivity index (χ4v) is 4.44. The third-order valence-electron chi connectivity index (χ3n) is 6.05. The van der Waals surface area contributed by atoms with Gasteiger partial charge < -0.3 is 9.47 Å². The Kier molecular flexibility index (Phi) is 4.16. The first-order valence-electron chi connectivity index (χ1n) is 9.50. The lowest BCUT2D eigenvalue weighted by Crippen LogP contribution is -2.30. The molecule has 0 N–H and O–H groups in total. The number of carbonyl (C=O) groups is 1. The zero-order chi connectivity index (χ0) is 15.8. The highest BCUT2D eigenvalue weighted by Gasteiger charge is 2.32. The molecule has 1 aromatic rings. The van der Waals surface area contributed by atoms with Gasteiger partial charge in [-0.3, -0.25) is 4.79 Å². The SMILES string of the molecule is Cc1cnc(C2CC2)n1CC1CCN(C(=O)CC2CCCC2)C1. The summed E-state index contributed by atoms with van der Waals surface area (Å²) in [6.07, 6.45) is 11.7. The maximum absolute atomic E-state index is 12.5. The molecule has 0 radical (unpaired) electrons. The zero-order valence-electron chi connectivity index (χ0n) is 14.3. The summed E-state index contributed by atoms with van der Waals surface area (Å²) in [6, 6.07) is 0. The number of aryl methyl sites for hydroxylation is 1. The smallest absolute Gasteiger partial charge is 0.222 e. The molecule has 0 aromatic carbocycles. The second-order valence-electron chi connectivity index (χ2n) is 7.99. The lowest BCUT2D eigenvalue weighted by Gasteiger charge is -2.19. The van der Waals surface area contributed by atoms with Crippen molar-refractivity contribution in [1.82, 2.24) is 14.5 Å². The fourth-order valence-electron chi connectivity index (χ4n) is 4.44. The van der Waals surface area contributed by atoms with E-state index in [1.54, 1.807) is 0 Å². The van der Waals surface area contributed by atoms with E-state index in [9.17, 15) is 4.79 Å². The van der Waals surface area contributed by atoms with Gasteiger partial charge in [-0.15, -0.1) is 0 Å². The molecule has 1 aromatic heterocycles. The van der Waals surface area contributed by atoms with Crippen molar-refractivity contribution in [3.8, 4) is 0 Å². The van der Waals surface area contributed by atoms with E-state index in [-0.39, 0.29) is 0 Å². The molecule has 4 heteroatoms. The second-order valence-corrected chi connectivity index (χ2v) is 7.99. The third-order valence-corrected chi connectivity index (χ3v) is 6.05. The predicted octanol–water partition coefficient (Wildman–Crippen LogP) is 3.50. The Balaban J connectivity index is 1.33. The van der Waals surface area contributed by atoms with Gasteiger partial charge in [0.25, 0.3) is 0 Å². The molecule has 2 aliphatic carbocycles. The van der Waals surface area contributed by atoms with Gasteiger partial charge >= 0.3 is 0 Å². The summed E-state index contributed by atoms with van der Waals surface area (Å²) in [5, 5.41) is 0. The summed E-state index contributed by atoms with van der Waals surface area (Å²) in [5.74, 6) is 3.67. The standard InChI is InChI=1S/C19H29N3O/c1-14-11-20-19(17-6-7-17)22(14)13-16-8-9-21(12-16)18(23)10-15-4-2-3-5-15/h11,15-17H,2-10,12-13H2,1H3. The first-order chi connectivity index (χ1) is 11.2. The molecule has 2 saturated carbocycles. The van der Waals surface area contributed by atoms with Crippen molar-refractivity contribution in [3.05, 3.63) is 17.7 Å². The summed E-state index contributed by atoms with van der Waals surface area (Å²) in [4.78, 5) is 19.3. The Morgan fingerprint density at radius 3 is 2.70 bits per heavy atom. The zero-order valence-corrected chi connectivity index (χ0v) is 14.3. The number of nitrogens with zero attached hydrogens (tertiary/aromatic N) is 3. The topological polar surface area (TPSA) is 38.1 Å². The maximum atomic E-state index is 12.5. The second kappa shape index (κ2) is 6.29. The fraction of sp³-hybridized carbons (Fsp3) is 0.789. The van der Waals surface area contributed by atoms with Crippen LogP contribution in [0.25, 0.3) is 0 Å². The Morgan fingerprint density at radius 1 is 1.17 bits per heavy atom. The van der Waals surface area contributed by atoms with Crippen LogP contribution in [0.4, 0.5) is 0 Å². The minimum atomic E-state index is 0.407. The third kappa shape index (κ3) is 3.31. The quantitative estimate of drug-likeness (QED) is 0.834. The normalized spacial score (nSPS) is 25.4. The number of hydrogen-bond acceptors (Lipinski definition) is 2. The van der Waals surface area contributed by atoms with Crippen LogP contribution in [0.1, 0.15) is 68.8 Å². The van der Waals surface area contributed by atoms with Crippen LogP contribution < -0.4 is 0 Å². The molecule has 1 atom stereocenters. The minimum Gasteiger partial charge on any atom is -0.342 e. The Labute approximate surface area is 139 Å². The Bertz CT molecular complexity index is 569. The van der Waals surface area contributed by atoms with Gasteiger partial charge in [-0.05, 0) is 50.9 Å². The van der Waals surface area contributed by atoms with E-state index in [0.717, 1.165) is 32.5 Å². The van der Waals surface area contributed by atoms with Crippen LogP contribution in [0.5, 0.6) is 0 Å². The van der Waals surface area contributed by atoms with Crippen molar-refractivity contribution >= 4 is 5.91 Å². The minimum absolute atomic E-state index is 0.407. The van der Waals surface area contributed by atoms with E-state index in [2.05, 4.69) is 21.4 Å². The van der Waals surface area contributed by atoms with Crippen molar-refractivity contribution in [3.63, 3.8) is 0 Å². The van der Waals surface area contributed by atoms with Crippen molar-refractivity contribution in [2.45, 2.75) is 70.8 Å². The number of amides is 1. The largest absolute Gasteiger partial charge is 0.342 e. The van der Waals surface area contributed by atoms with Gasteiger partial charge in [0, 0.05) is 43.9 Å². The average Bonchev–Trinajstić information content (AvgIpc) is 2.94. The van der Waals surface area contributed by atoms with Crippen molar-refractivity contribution in [2.75, 3.05) is 13.1 Å². The molecule has 1 aliphatic heterocycles. The highest BCUT2D eigenvalue weighted by Crippen LogP contribution is 2.40. The first kappa shape index (κ1) is 15.2. The summed E-state index contributed by atoms with van der Waals surface area (Å²) in [7, 11) is 0. The van der Waals surface area contributed by atoms with Crippen molar-refractivity contribution in [1.29, 1.82) is 0 Å². The van der Waals surface area contributed by atoms with Crippen LogP contribution in [0, 0.1) is 18.8 Å². The van der Waals surface area contributed by atoms with Crippen LogP contribution in [-0.4, -0.2) is 33.4 Å². The van der Waals surface area contributed by atoms with Crippen LogP contribution in [0.2, 0.25) is 0 Å². The molecule has 2 heterocycles. The molecular formula is C19H29N3O.